The van der Waals surface area contributed by atoms with Crippen LogP contribution in [-0.4, -0.2) is 0 Å². The standard InChI is InChI=1S/C33H22O/c1-3-11-23-21(9-1)17-19-29-31(23)34-32-24-12-4-2-10-22(24)18-20-30(32)33(29)27-15-7-5-13-25(27)26-14-6-8-16-28(26)33/h1-15,17-20,28H,16H2. The molecule has 160 valence electrons. The maximum absolute atomic E-state index is 6.95. The Bertz CT molecular complexity index is 1630. The molecule has 1 atom stereocenters. The molecule has 0 saturated carbocycles. The summed E-state index contributed by atoms with van der Waals surface area (Å²) in [5.74, 6) is 2.35. The zero-order valence-corrected chi connectivity index (χ0v) is 18.7. The predicted octanol–water partition coefficient (Wildman–Crippen LogP) is 8.41. The summed E-state index contributed by atoms with van der Waals surface area (Å²) in [7, 11) is 0. The van der Waals surface area contributed by atoms with E-state index in [0.717, 1.165) is 17.9 Å². The molecule has 8 rings (SSSR count). The lowest BCUT2D eigenvalue weighted by Gasteiger charge is -2.43. The summed E-state index contributed by atoms with van der Waals surface area (Å²) in [5, 5.41) is 4.79. The van der Waals surface area contributed by atoms with Gasteiger partial charge in [-0.1, -0.05) is 115 Å². The normalized spacial score (nSPS) is 18.7. The highest BCUT2D eigenvalue weighted by atomic mass is 16.5. The zero-order chi connectivity index (χ0) is 22.3. The fourth-order valence-corrected chi connectivity index (χ4v) is 6.82. The van der Waals surface area contributed by atoms with E-state index in [-0.39, 0.29) is 5.41 Å². The van der Waals surface area contributed by atoms with E-state index in [1.165, 1.54) is 49.4 Å². The Labute approximate surface area is 198 Å². The molecule has 0 bridgehead atoms. The fourth-order valence-electron chi connectivity index (χ4n) is 6.82. The van der Waals surface area contributed by atoms with Crippen molar-refractivity contribution >= 4 is 27.1 Å². The summed E-state index contributed by atoms with van der Waals surface area (Å²) in [6.07, 6.45) is 7.90. The van der Waals surface area contributed by atoms with Crippen LogP contribution in [-0.2, 0) is 5.41 Å². The molecule has 1 heteroatoms. The van der Waals surface area contributed by atoms with Crippen molar-refractivity contribution < 1.29 is 4.74 Å². The number of allylic oxidation sites excluding steroid dienone is 4. The van der Waals surface area contributed by atoms with Gasteiger partial charge in [0, 0.05) is 27.8 Å². The first-order chi connectivity index (χ1) is 16.9. The van der Waals surface area contributed by atoms with Crippen LogP contribution in [0.4, 0.5) is 0 Å². The molecule has 1 heterocycles. The van der Waals surface area contributed by atoms with Crippen LogP contribution < -0.4 is 4.74 Å². The Morgan fingerprint density at radius 3 is 1.94 bits per heavy atom. The van der Waals surface area contributed by atoms with E-state index in [1.54, 1.807) is 0 Å². The first-order valence-electron chi connectivity index (χ1n) is 12.1. The number of hydrogen-bond donors (Lipinski definition) is 0. The van der Waals surface area contributed by atoms with E-state index >= 15 is 0 Å². The highest BCUT2D eigenvalue weighted by Gasteiger charge is 2.56. The number of rotatable bonds is 0. The lowest BCUT2D eigenvalue weighted by atomic mass is 9.61. The Morgan fingerprint density at radius 1 is 0.618 bits per heavy atom. The highest BCUT2D eigenvalue weighted by Crippen LogP contribution is 2.65. The molecule has 34 heavy (non-hydrogen) atoms. The van der Waals surface area contributed by atoms with Crippen LogP contribution in [0.3, 0.4) is 0 Å². The van der Waals surface area contributed by atoms with E-state index in [9.17, 15) is 0 Å². The van der Waals surface area contributed by atoms with Crippen molar-refractivity contribution in [2.24, 2.45) is 5.92 Å². The van der Waals surface area contributed by atoms with Crippen LogP contribution in [0.25, 0.3) is 27.1 Å². The van der Waals surface area contributed by atoms with Gasteiger partial charge in [0.2, 0.25) is 0 Å². The molecule has 0 N–H and O–H groups in total. The van der Waals surface area contributed by atoms with Crippen molar-refractivity contribution in [3.8, 4) is 11.5 Å². The zero-order valence-electron chi connectivity index (χ0n) is 18.7. The number of hydrogen-bond acceptors (Lipinski definition) is 1. The smallest absolute Gasteiger partial charge is 0.139 e. The molecule has 0 radical (unpaired) electrons. The first kappa shape index (κ1) is 18.3. The van der Waals surface area contributed by atoms with Gasteiger partial charge in [-0.3, -0.25) is 0 Å². The van der Waals surface area contributed by atoms with Crippen LogP contribution in [0, 0.1) is 5.92 Å². The third kappa shape index (κ3) is 2.11. The monoisotopic (exact) mass is 434 g/mol. The van der Waals surface area contributed by atoms with Crippen LogP contribution in [0.15, 0.2) is 115 Å². The predicted molar refractivity (Wildman–Crippen MR) is 140 cm³/mol. The third-order valence-electron chi connectivity index (χ3n) is 8.16. The topological polar surface area (TPSA) is 9.23 Å². The van der Waals surface area contributed by atoms with Gasteiger partial charge in [0.15, 0.2) is 0 Å². The van der Waals surface area contributed by atoms with E-state index in [4.69, 9.17) is 4.74 Å². The van der Waals surface area contributed by atoms with Gasteiger partial charge in [0.05, 0.1) is 5.41 Å². The van der Waals surface area contributed by atoms with Crippen LogP contribution in [0.1, 0.15) is 28.7 Å². The number of ether oxygens (including phenoxy) is 1. The Hall–Kier alpha value is -4.10. The molecule has 2 aliphatic carbocycles. The molecule has 5 aromatic carbocycles. The summed E-state index contributed by atoms with van der Waals surface area (Å²) < 4.78 is 6.95. The molecule has 1 unspecified atom stereocenters. The third-order valence-corrected chi connectivity index (χ3v) is 8.16. The molecule has 1 aliphatic heterocycles. The van der Waals surface area contributed by atoms with Gasteiger partial charge in [-0.15, -0.1) is 0 Å². The molecule has 1 spiro atoms. The number of fused-ring (bicyclic) bond motifs is 13. The van der Waals surface area contributed by atoms with Crippen molar-refractivity contribution in [3.05, 3.63) is 138 Å². The van der Waals surface area contributed by atoms with Gasteiger partial charge in [0.1, 0.15) is 11.5 Å². The van der Waals surface area contributed by atoms with E-state index in [0.29, 0.717) is 5.92 Å². The van der Waals surface area contributed by atoms with E-state index in [1.807, 2.05) is 0 Å². The molecule has 0 aromatic heterocycles. The number of benzene rings is 5. The highest BCUT2D eigenvalue weighted by molar-refractivity contribution is 5.98. The Balaban J connectivity index is 1.60. The van der Waals surface area contributed by atoms with E-state index in [2.05, 4.69) is 115 Å². The maximum Gasteiger partial charge on any atom is 0.139 e. The summed E-state index contributed by atoms with van der Waals surface area (Å²) in [4.78, 5) is 0. The van der Waals surface area contributed by atoms with Gasteiger partial charge < -0.3 is 4.74 Å². The van der Waals surface area contributed by atoms with Gasteiger partial charge in [-0.05, 0) is 33.9 Å². The minimum atomic E-state index is -0.288. The minimum Gasteiger partial charge on any atom is -0.455 e. The average molecular weight is 435 g/mol. The lowest BCUT2D eigenvalue weighted by Crippen LogP contribution is -2.37. The SMILES string of the molecule is C1=CCC2C(=C1)c1ccccc1C21c2ccc3ccccc3c2Oc2c1ccc1ccccc21. The van der Waals surface area contributed by atoms with Crippen molar-refractivity contribution in [3.63, 3.8) is 0 Å². The van der Waals surface area contributed by atoms with Crippen LogP contribution in [0.2, 0.25) is 0 Å². The van der Waals surface area contributed by atoms with Gasteiger partial charge in [-0.2, -0.15) is 0 Å². The quantitative estimate of drug-likeness (QED) is 0.238. The molecule has 0 saturated heterocycles. The van der Waals surface area contributed by atoms with Crippen LogP contribution in [0.5, 0.6) is 11.5 Å². The summed E-state index contributed by atoms with van der Waals surface area (Å²) in [6.45, 7) is 0. The second kappa shape index (κ2) is 6.48. The Morgan fingerprint density at radius 2 is 1.24 bits per heavy atom. The van der Waals surface area contributed by atoms with Crippen LogP contribution >= 0.6 is 0 Å². The molecule has 0 amide bonds. The molecular weight excluding hydrogens is 412 g/mol. The molecule has 5 aromatic rings. The summed E-state index contributed by atoms with van der Waals surface area (Å²) in [5.41, 5.74) is 6.49. The maximum atomic E-state index is 6.95. The Kier molecular flexibility index (Phi) is 3.50. The first-order valence-corrected chi connectivity index (χ1v) is 12.1. The molecular formula is C33H22O. The van der Waals surface area contributed by atoms with Crippen molar-refractivity contribution in [1.82, 2.24) is 0 Å². The van der Waals surface area contributed by atoms with Gasteiger partial charge >= 0.3 is 0 Å². The largest absolute Gasteiger partial charge is 0.455 e. The second-order valence-electron chi connectivity index (χ2n) is 9.62. The van der Waals surface area contributed by atoms with Crippen molar-refractivity contribution in [2.75, 3.05) is 0 Å². The molecule has 1 nitrogen and oxygen atoms in total. The van der Waals surface area contributed by atoms with Gasteiger partial charge in [-0.25, -0.2) is 0 Å². The van der Waals surface area contributed by atoms with Crippen molar-refractivity contribution in [2.45, 2.75) is 11.8 Å². The average Bonchev–Trinajstić information content (AvgIpc) is 3.20. The fraction of sp³-hybridized carbons (Fsp3) is 0.0909. The molecule has 0 fully saturated rings. The summed E-state index contributed by atoms with van der Waals surface area (Å²) >= 11 is 0. The second-order valence-corrected chi connectivity index (χ2v) is 9.62. The van der Waals surface area contributed by atoms with Crippen molar-refractivity contribution in [1.29, 1.82) is 0 Å². The minimum absolute atomic E-state index is 0.288. The summed E-state index contributed by atoms with van der Waals surface area (Å²) in [6, 6.07) is 35.4. The molecule has 3 aliphatic rings. The van der Waals surface area contributed by atoms with E-state index < -0.39 is 0 Å². The lowest BCUT2D eigenvalue weighted by molar-refractivity contribution is 0.390. The van der Waals surface area contributed by atoms with Gasteiger partial charge in [0.25, 0.3) is 0 Å².